The normalized spacial score (nSPS) is 18.7. The lowest BCUT2D eigenvalue weighted by molar-refractivity contribution is 0.0383. The summed E-state index contributed by atoms with van der Waals surface area (Å²) in [6, 6.07) is 3.95. The number of nitrogens with zero attached hydrogens (tertiary/aromatic N) is 2. The molecular weight excluding hydrogens is 278 g/mol. The highest BCUT2D eigenvalue weighted by Crippen LogP contribution is 2.35. The summed E-state index contributed by atoms with van der Waals surface area (Å²) < 4.78 is 5.70. The molecule has 2 N–H and O–H groups in total. The number of hydrogen-bond acceptors (Lipinski definition) is 4. The van der Waals surface area contributed by atoms with E-state index in [-0.39, 0.29) is 5.41 Å². The lowest BCUT2D eigenvalue weighted by atomic mass is 9.77. The van der Waals surface area contributed by atoms with E-state index < -0.39 is 0 Å². The van der Waals surface area contributed by atoms with Gasteiger partial charge in [-0.25, -0.2) is 0 Å². The number of rotatable bonds is 5. The first-order valence-corrected chi connectivity index (χ1v) is 8.08. The van der Waals surface area contributed by atoms with Crippen molar-refractivity contribution in [3.05, 3.63) is 29.7 Å². The Labute approximate surface area is 131 Å². The summed E-state index contributed by atoms with van der Waals surface area (Å²) in [4.78, 5) is 2.44. The van der Waals surface area contributed by atoms with E-state index >= 15 is 0 Å². The van der Waals surface area contributed by atoms with Gasteiger partial charge in [-0.2, -0.15) is 5.10 Å². The molecule has 0 bridgehead atoms. The predicted molar refractivity (Wildman–Crippen MR) is 85.3 cm³/mol. The van der Waals surface area contributed by atoms with Crippen molar-refractivity contribution in [2.75, 3.05) is 19.7 Å². The second-order valence-electron chi connectivity index (χ2n) is 6.47. The van der Waals surface area contributed by atoms with E-state index in [0.717, 1.165) is 56.1 Å². The molecule has 2 aromatic heterocycles. The van der Waals surface area contributed by atoms with Crippen LogP contribution in [0.2, 0.25) is 0 Å². The Balaban J connectivity index is 1.67. The number of aliphatic hydroxyl groups excluding tert-OH is 1. The zero-order valence-electron chi connectivity index (χ0n) is 13.4. The first kappa shape index (κ1) is 15.3. The van der Waals surface area contributed by atoms with E-state index in [1.165, 1.54) is 5.56 Å². The topological polar surface area (TPSA) is 65.3 Å². The van der Waals surface area contributed by atoms with E-state index in [1.807, 2.05) is 25.3 Å². The van der Waals surface area contributed by atoms with E-state index in [4.69, 9.17) is 4.42 Å². The molecular formula is C17H25N3O2. The molecule has 0 unspecified atom stereocenters. The van der Waals surface area contributed by atoms with E-state index in [9.17, 15) is 5.11 Å². The van der Waals surface area contributed by atoms with Crippen LogP contribution >= 0.6 is 0 Å². The van der Waals surface area contributed by atoms with Crippen LogP contribution in [0.25, 0.3) is 11.5 Å². The molecule has 0 aliphatic carbocycles. The highest BCUT2D eigenvalue weighted by atomic mass is 16.3. The number of H-pyrrole nitrogens is 1. The number of nitrogens with one attached hydrogen (secondary N) is 1. The summed E-state index contributed by atoms with van der Waals surface area (Å²) in [5.41, 5.74) is 2.28. The molecule has 5 heteroatoms. The predicted octanol–water partition coefficient (Wildman–Crippen LogP) is 2.96. The zero-order valence-corrected chi connectivity index (χ0v) is 13.4. The molecule has 0 aromatic carbocycles. The fourth-order valence-corrected chi connectivity index (χ4v) is 3.26. The summed E-state index contributed by atoms with van der Waals surface area (Å²) in [6.45, 7) is 7.35. The fraction of sp³-hybridized carbons (Fsp3) is 0.588. The van der Waals surface area contributed by atoms with E-state index in [1.54, 1.807) is 0 Å². The van der Waals surface area contributed by atoms with E-state index in [2.05, 4.69) is 22.0 Å². The number of aromatic amines is 1. The second-order valence-corrected chi connectivity index (χ2v) is 6.47. The Morgan fingerprint density at radius 1 is 1.36 bits per heavy atom. The van der Waals surface area contributed by atoms with Crippen LogP contribution in [0.4, 0.5) is 0 Å². The molecule has 2 aromatic rings. The molecule has 0 saturated carbocycles. The fourth-order valence-electron chi connectivity index (χ4n) is 3.26. The molecule has 1 aliphatic heterocycles. The van der Waals surface area contributed by atoms with Gasteiger partial charge < -0.3 is 9.52 Å². The molecule has 120 valence electrons. The number of aryl methyl sites for hydroxylation is 1. The molecule has 5 nitrogen and oxygen atoms in total. The monoisotopic (exact) mass is 303 g/mol. The molecule has 0 radical (unpaired) electrons. The maximum Gasteiger partial charge on any atom is 0.152 e. The van der Waals surface area contributed by atoms with Crippen LogP contribution in [0.5, 0.6) is 0 Å². The Morgan fingerprint density at radius 2 is 2.14 bits per heavy atom. The van der Waals surface area contributed by atoms with Crippen molar-refractivity contribution in [3.8, 4) is 11.5 Å². The van der Waals surface area contributed by atoms with E-state index in [0.29, 0.717) is 6.61 Å². The molecule has 0 amide bonds. The molecule has 0 atom stereocenters. The lowest BCUT2D eigenvalue weighted by Gasteiger charge is -2.40. The maximum absolute atomic E-state index is 9.63. The van der Waals surface area contributed by atoms with Crippen LogP contribution in [-0.4, -0.2) is 39.9 Å². The molecule has 22 heavy (non-hydrogen) atoms. The third-order valence-electron chi connectivity index (χ3n) is 5.10. The van der Waals surface area contributed by atoms with Gasteiger partial charge in [0.1, 0.15) is 11.5 Å². The average molecular weight is 303 g/mol. The Kier molecular flexibility index (Phi) is 4.36. The van der Waals surface area contributed by atoms with Gasteiger partial charge in [-0.05, 0) is 56.8 Å². The minimum atomic E-state index is 0.133. The SMILES string of the molecule is CCC1(CO)CCN(Cc2cn[nH]c2-c2ccc(C)o2)CC1. The summed E-state index contributed by atoms with van der Waals surface area (Å²) in [5, 5.41) is 16.9. The Hall–Kier alpha value is -1.59. The van der Waals surface area contributed by atoms with Crippen molar-refractivity contribution < 1.29 is 9.52 Å². The number of piperidine rings is 1. The van der Waals surface area contributed by atoms with Crippen molar-refractivity contribution in [3.63, 3.8) is 0 Å². The van der Waals surface area contributed by atoms with Crippen LogP contribution < -0.4 is 0 Å². The van der Waals surface area contributed by atoms with Gasteiger partial charge in [-0.1, -0.05) is 6.92 Å². The van der Waals surface area contributed by atoms with Crippen LogP contribution in [0.3, 0.4) is 0 Å². The number of aliphatic hydroxyl groups is 1. The maximum atomic E-state index is 9.63. The first-order valence-electron chi connectivity index (χ1n) is 8.08. The van der Waals surface area contributed by atoms with Gasteiger partial charge >= 0.3 is 0 Å². The molecule has 3 heterocycles. The third kappa shape index (κ3) is 2.96. The summed E-state index contributed by atoms with van der Waals surface area (Å²) in [5.74, 6) is 1.75. The molecule has 0 spiro atoms. The van der Waals surface area contributed by atoms with Crippen LogP contribution in [0, 0.1) is 12.3 Å². The minimum Gasteiger partial charge on any atom is -0.460 e. The molecule has 1 saturated heterocycles. The third-order valence-corrected chi connectivity index (χ3v) is 5.10. The lowest BCUT2D eigenvalue weighted by Crippen LogP contribution is -2.41. The molecule has 1 fully saturated rings. The largest absolute Gasteiger partial charge is 0.460 e. The first-order chi connectivity index (χ1) is 10.7. The smallest absolute Gasteiger partial charge is 0.152 e. The van der Waals surface area contributed by atoms with Crippen molar-refractivity contribution in [1.29, 1.82) is 0 Å². The van der Waals surface area contributed by atoms with Crippen molar-refractivity contribution >= 4 is 0 Å². The second kappa shape index (κ2) is 6.26. The minimum absolute atomic E-state index is 0.133. The number of aromatic nitrogens is 2. The zero-order chi connectivity index (χ0) is 15.6. The summed E-state index contributed by atoms with van der Waals surface area (Å²) >= 11 is 0. The van der Waals surface area contributed by atoms with Crippen molar-refractivity contribution in [2.45, 2.75) is 39.7 Å². The van der Waals surface area contributed by atoms with Crippen LogP contribution in [0.1, 0.15) is 37.5 Å². The molecule has 1 aliphatic rings. The van der Waals surface area contributed by atoms with Crippen LogP contribution in [-0.2, 0) is 6.54 Å². The summed E-state index contributed by atoms with van der Waals surface area (Å²) in [7, 11) is 0. The highest BCUT2D eigenvalue weighted by Gasteiger charge is 2.32. The summed E-state index contributed by atoms with van der Waals surface area (Å²) in [6.07, 6.45) is 5.07. The number of likely N-dealkylation sites (tertiary alicyclic amines) is 1. The van der Waals surface area contributed by atoms with Crippen molar-refractivity contribution in [1.82, 2.24) is 15.1 Å². The average Bonchev–Trinajstić information content (AvgIpc) is 3.17. The van der Waals surface area contributed by atoms with Crippen molar-refractivity contribution in [2.24, 2.45) is 5.41 Å². The quantitative estimate of drug-likeness (QED) is 0.891. The number of furan rings is 1. The molecule has 3 rings (SSSR count). The standard InChI is InChI=1S/C17H25N3O2/c1-3-17(12-21)6-8-20(9-7-17)11-14-10-18-19-16(14)15-5-4-13(2)22-15/h4-5,10,21H,3,6-9,11-12H2,1-2H3,(H,18,19). The highest BCUT2D eigenvalue weighted by molar-refractivity contribution is 5.56. The van der Waals surface area contributed by atoms with Gasteiger partial charge in [0.2, 0.25) is 0 Å². The van der Waals surface area contributed by atoms with Gasteiger partial charge in [0.05, 0.1) is 6.20 Å². The van der Waals surface area contributed by atoms with Gasteiger partial charge in [0, 0.05) is 18.7 Å². The van der Waals surface area contributed by atoms with Gasteiger partial charge in [-0.3, -0.25) is 10.00 Å². The van der Waals surface area contributed by atoms with Gasteiger partial charge in [0.15, 0.2) is 5.76 Å². The Morgan fingerprint density at radius 3 is 2.73 bits per heavy atom. The van der Waals surface area contributed by atoms with Crippen LogP contribution in [0.15, 0.2) is 22.7 Å². The van der Waals surface area contributed by atoms with Gasteiger partial charge in [0.25, 0.3) is 0 Å². The number of hydrogen-bond donors (Lipinski definition) is 2. The Bertz CT molecular complexity index is 603. The van der Waals surface area contributed by atoms with Gasteiger partial charge in [-0.15, -0.1) is 0 Å².